The fourth-order valence-electron chi connectivity index (χ4n) is 2.30. The van der Waals surface area contributed by atoms with E-state index in [4.69, 9.17) is 0 Å². The zero-order valence-corrected chi connectivity index (χ0v) is 9.27. The molecular weight excluding hydrogens is 182 g/mol. The Hall–Kier alpha value is 0.110. The molecule has 0 aromatic heterocycles. The van der Waals surface area contributed by atoms with Gasteiger partial charge in [0.1, 0.15) is 0 Å². The first-order chi connectivity index (χ1) is 6.24. The molecule has 2 fully saturated rings. The second kappa shape index (κ2) is 3.70. The Labute approximate surface area is 82.9 Å². The van der Waals surface area contributed by atoms with Crippen molar-refractivity contribution in [2.45, 2.75) is 49.7 Å². The van der Waals surface area contributed by atoms with Gasteiger partial charge in [-0.25, -0.2) is 0 Å². The van der Waals surface area contributed by atoms with Crippen LogP contribution in [0.1, 0.15) is 33.1 Å². The van der Waals surface area contributed by atoms with Crippen molar-refractivity contribution in [3.8, 4) is 0 Å². The van der Waals surface area contributed by atoms with Crippen LogP contribution >= 0.6 is 0 Å². The summed E-state index contributed by atoms with van der Waals surface area (Å²) in [6.07, 6.45) is 3.75. The van der Waals surface area contributed by atoms with E-state index in [1.807, 2.05) is 0 Å². The molecule has 1 aliphatic carbocycles. The van der Waals surface area contributed by atoms with Crippen molar-refractivity contribution in [1.29, 1.82) is 0 Å². The predicted molar refractivity (Wildman–Crippen MR) is 56.2 cm³/mol. The summed E-state index contributed by atoms with van der Waals surface area (Å²) in [7, 11) is -0.596. The van der Waals surface area contributed by atoms with Gasteiger partial charge in [0.05, 0.1) is 5.25 Å². The van der Waals surface area contributed by atoms with Gasteiger partial charge in [-0.3, -0.25) is 4.21 Å². The predicted octanol–water partition coefficient (Wildman–Crippen LogP) is 1.28. The zero-order valence-electron chi connectivity index (χ0n) is 8.45. The summed E-state index contributed by atoms with van der Waals surface area (Å²) < 4.78 is 12.0. The topological polar surface area (TPSA) is 29.1 Å². The molecule has 1 saturated carbocycles. The van der Waals surface area contributed by atoms with Crippen molar-refractivity contribution < 1.29 is 4.21 Å². The lowest BCUT2D eigenvalue weighted by Crippen LogP contribution is -2.54. The zero-order chi connectivity index (χ0) is 9.42. The van der Waals surface area contributed by atoms with Gasteiger partial charge in [-0.1, -0.05) is 6.92 Å². The van der Waals surface area contributed by atoms with Crippen molar-refractivity contribution in [2.24, 2.45) is 5.92 Å². The molecule has 2 rings (SSSR count). The number of hydrogen-bond acceptors (Lipinski definition) is 2. The van der Waals surface area contributed by atoms with E-state index in [0.717, 1.165) is 18.9 Å². The van der Waals surface area contributed by atoms with Crippen LogP contribution in [-0.2, 0) is 10.8 Å². The largest absolute Gasteiger partial charge is 0.311 e. The van der Waals surface area contributed by atoms with Crippen molar-refractivity contribution in [3.05, 3.63) is 0 Å². The second-order valence-electron chi connectivity index (χ2n) is 4.36. The fraction of sp³-hybridized carbons (Fsp3) is 1.00. The highest BCUT2D eigenvalue weighted by atomic mass is 32.2. The summed E-state index contributed by atoms with van der Waals surface area (Å²) in [5.74, 6) is 0.835. The second-order valence-corrected chi connectivity index (χ2v) is 6.42. The molecule has 1 saturated heterocycles. The van der Waals surface area contributed by atoms with Crippen LogP contribution in [-0.4, -0.2) is 27.3 Å². The van der Waals surface area contributed by atoms with E-state index in [1.165, 1.54) is 12.8 Å². The number of rotatable bonds is 2. The minimum Gasteiger partial charge on any atom is -0.311 e. The third-order valence-electron chi connectivity index (χ3n) is 3.27. The van der Waals surface area contributed by atoms with Crippen LogP contribution < -0.4 is 5.32 Å². The molecule has 3 heteroatoms. The van der Waals surface area contributed by atoms with E-state index < -0.39 is 10.8 Å². The molecule has 13 heavy (non-hydrogen) atoms. The quantitative estimate of drug-likeness (QED) is 0.729. The van der Waals surface area contributed by atoms with Crippen LogP contribution in [0.3, 0.4) is 0 Å². The van der Waals surface area contributed by atoms with Crippen LogP contribution in [0.2, 0.25) is 0 Å². The summed E-state index contributed by atoms with van der Waals surface area (Å²) >= 11 is 0. The van der Waals surface area contributed by atoms with Crippen LogP contribution in [0.15, 0.2) is 0 Å². The van der Waals surface area contributed by atoms with Crippen molar-refractivity contribution in [2.75, 3.05) is 6.54 Å². The van der Waals surface area contributed by atoms with Crippen LogP contribution in [0.4, 0.5) is 0 Å². The van der Waals surface area contributed by atoms with E-state index in [0.29, 0.717) is 16.5 Å². The van der Waals surface area contributed by atoms with Crippen LogP contribution in [0, 0.1) is 5.92 Å². The van der Waals surface area contributed by atoms with Crippen molar-refractivity contribution >= 4 is 10.8 Å². The standard InChI is InChI=1S/C10H19NOS/c1-3-9-10(8-4-5-8)11-6-7(2)13(9)12/h7-11H,3-6H2,1-2H3. The summed E-state index contributed by atoms with van der Waals surface area (Å²) in [6.45, 7) is 5.21. The van der Waals surface area contributed by atoms with E-state index in [9.17, 15) is 4.21 Å². The lowest BCUT2D eigenvalue weighted by molar-refractivity contribution is 0.415. The van der Waals surface area contributed by atoms with Gasteiger partial charge in [0.25, 0.3) is 0 Å². The molecule has 4 atom stereocenters. The van der Waals surface area contributed by atoms with Crippen molar-refractivity contribution in [1.82, 2.24) is 5.32 Å². The molecule has 4 unspecified atom stereocenters. The average Bonchev–Trinajstić information content (AvgIpc) is 2.92. The summed E-state index contributed by atoms with van der Waals surface area (Å²) in [6, 6.07) is 0.557. The smallest absolute Gasteiger partial charge is 0.0504 e. The molecule has 0 radical (unpaired) electrons. The first kappa shape index (κ1) is 9.66. The van der Waals surface area contributed by atoms with E-state index in [2.05, 4.69) is 19.2 Å². The molecule has 0 aromatic rings. The van der Waals surface area contributed by atoms with E-state index in [1.54, 1.807) is 0 Å². The Balaban J connectivity index is 2.06. The average molecular weight is 201 g/mol. The van der Waals surface area contributed by atoms with E-state index in [-0.39, 0.29) is 0 Å². The highest BCUT2D eigenvalue weighted by Gasteiger charge is 2.41. The maximum absolute atomic E-state index is 12.0. The molecule has 0 spiro atoms. The Kier molecular flexibility index (Phi) is 2.75. The molecule has 2 nitrogen and oxygen atoms in total. The molecule has 0 amide bonds. The third kappa shape index (κ3) is 1.82. The van der Waals surface area contributed by atoms with Crippen LogP contribution in [0.5, 0.6) is 0 Å². The first-order valence-electron chi connectivity index (χ1n) is 5.36. The number of hydrogen-bond donors (Lipinski definition) is 1. The highest BCUT2D eigenvalue weighted by molar-refractivity contribution is 7.86. The molecule has 1 N–H and O–H groups in total. The molecule has 1 aliphatic heterocycles. The SMILES string of the molecule is CCC1C(C2CC2)NCC(C)S1=O. The lowest BCUT2D eigenvalue weighted by Gasteiger charge is -2.35. The highest BCUT2D eigenvalue weighted by Crippen LogP contribution is 2.37. The van der Waals surface area contributed by atoms with Gasteiger partial charge in [-0.15, -0.1) is 0 Å². The van der Waals surface area contributed by atoms with Gasteiger partial charge in [0.15, 0.2) is 0 Å². The molecule has 2 aliphatic rings. The molecule has 0 bridgehead atoms. The Bertz CT molecular complexity index is 215. The maximum atomic E-state index is 12.0. The minimum absolute atomic E-state index is 0.347. The van der Waals surface area contributed by atoms with E-state index >= 15 is 0 Å². The molecule has 1 heterocycles. The Morgan fingerprint density at radius 2 is 2.15 bits per heavy atom. The van der Waals surface area contributed by atoms with Gasteiger partial charge in [-0.05, 0) is 32.1 Å². The summed E-state index contributed by atoms with van der Waals surface area (Å²) in [5, 5.41) is 4.33. The Morgan fingerprint density at radius 3 is 2.69 bits per heavy atom. The summed E-state index contributed by atoms with van der Waals surface area (Å²) in [5.41, 5.74) is 0. The molecule has 76 valence electrons. The molecule has 0 aromatic carbocycles. The maximum Gasteiger partial charge on any atom is 0.0504 e. The van der Waals surface area contributed by atoms with Gasteiger partial charge >= 0.3 is 0 Å². The monoisotopic (exact) mass is 201 g/mol. The van der Waals surface area contributed by atoms with Crippen LogP contribution in [0.25, 0.3) is 0 Å². The lowest BCUT2D eigenvalue weighted by atomic mass is 10.1. The molecular formula is C10H19NOS. The minimum atomic E-state index is -0.596. The van der Waals surface area contributed by atoms with Gasteiger partial charge in [-0.2, -0.15) is 0 Å². The number of nitrogens with one attached hydrogen (secondary N) is 1. The fourth-order valence-corrected chi connectivity index (χ4v) is 4.10. The normalized spacial score (nSPS) is 46.3. The summed E-state index contributed by atoms with van der Waals surface area (Å²) in [4.78, 5) is 0. The first-order valence-corrected chi connectivity index (χ1v) is 6.64. The van der Waals surface area contributed by atoms with Gasteiger partial charge in [0, 0.05) is 28.6 Å². The third-order valence-corrected chi connectivity index (χ3v) is 5.45. The van der Waals surface area contributed by atoms with Gasteiger partial charge < -0.3 is 5.32 Å². The Morgan fingerprint density at radius 1 is 1.46 bits per heavy atom. The van der Waals surface area contributed by atoms with Gasteiger partial charge in [0.2, 0.25) is 0 Å². The van der Waals surface area contributed by atoms with Crippen molar-refractivity contribution in [3.63, 3.8) is 0 Å².